The molecule has 1 atom stereocenters. The zero-order valence-corrected chi connectivity index (χ0v) is 14.3. The van der Waals surface area contributed by atoms with Crippen molar-refractivity contribution in [3.8, 4) is 0 Å². The number of aromatic nitrogens is 1. The Balaban J connectivity index is 1.64. The number of rotatable bonds is 4. The maximum Gasteiger partial charge on any atom is 0.227 e. The second-order valence-corrected chi connectivity index (χ2v) is 6.35. The van der Waals surface area contributed by atoms with Crippen LogP contribution in [0.2, 0.25) is 0 Å². The van der Waals surface area contributed by atoms with Crippen molar-refractivity contribution in [3.63, 3.8) is 0 Å². The number of carbonyl (C=O) groups is 2. The summed E-state index contributed by atoms with van der Waals surface area (Å²) in [5.41, 5.74) is 2.65. The lowest BCUT2D eigenvalue weighted by Crippen LogP contribution is -2.33. The fourth-order valence-electron chi connectivity index (χ4n) is 2.97. The summed E-state index contributed by atoms with van der Waals surface area (Å²) in [6.07, 6.45) is 0.0837. The lowest BCUT2D eigenvalue weighted by atomic mass is 10.1. The number of nitrogens with one attached hydrogen (secondary N) is 1. The topological polar surface area (TPSA) is 62.3 Å². The third kappa shape index (κ3) is 3.84. The van der Waals surface area contributed by atoms with Gasteiger partial charge in [-0.15, -0.1) is 0 Å². The van der Waals surface area contributed by atoms with Gasteiger partial charge < -0.3 is 10.2 Å². The average Bonchev–Trinajstić information content (AvgIpc) is 2.94. The van der Waals surface area contributed by atoms with Crippen LogP contribution in [0.4, 0.5) is 10.1 Å². The van der Waals surface area contributed by atoms with Crippen LogP contribution in [-0.2, 0) is 16.1 Å². The van der Waals surface area contributed by atoms with Gasteiger partial charge in [0.1, 0.15) is 5.82 Å². The van der Waals surface area contributed by atoms with Crippen LogP contribution in [0.15, 0.2) is 36.4 Å². The highest BCUT2D eigenvalue weighted by molar-refractivity contribution is 6.00. The Bertz CT molecular complexity index is 822. The fraction of sp³-hybridized carbons (Fsp3) is 0.316. The second-order valence-electron chi connectivity index (χ2n) is 6.35. The second kappa shape index (κ2) is 7.01. The summed E-state index contributed by atoms with van der Waals surface area (Å²) < 4.78 is 14.1. The molecule has 130 valence electrons. The summed E-state index contributed by atoms with van der Waals surface area (Å²) in [6.45, 7) is 4.17. The van der Waals surface area contributed by atoms with Gasteiger partial charge in [0.25, 0.3) is 0 Å². The van der Waals surface area contributed by atoms with Crippen LogP contribution in [-0.4, -0.2) is 23.3 Å². The number of hydrogen-bond acceptors (Lipinski definition) is 3. The van der Waals surface area contributed by atoms with E-state index in [2.05, 4.69) is 10.3 Å². The average molecular weight is 341 g/mol. The molecule has 1 unspecified atom stereocenters. The first-order chi connectivity index (χ1) is 11.9. The summed E-state index contributed by atoms with van der Waals surface area (Å²) in [7, 11) is 0. The van der Waals surface area contributed by atoms with Crippen LogP contribution in [0.5, 0.6) is 0 Å². The van der Waals surface area contributed by atoms with Crippen molar-refractivity contribution in [2.24, 2.45) is 5.92 Å². The van der Waals surface area contributed by atoms with E-state index in [1.807, 2.05) is 25.1 Å². The van der Waals surface area contributed by atoms with Crippen LogP contribution in [0, 0.1) is 25.6 Å². The lowest BCUT2D eigenvalue weighted by Gasteiger charge is -2.17. The van der Waals surface area contributed by atoms with Crippen molar-refractivity contribution in [3.05, 3.63) is 59.2 Å². The smallest absolute Gasteiger partial charge is 0.227 e. The van der Waals surface area contributed by atoms with Crippen molar-refractivity contribution in [1.29, 1.82) is 0 Å². The molecule has 0 radical (unpaired) electrons. The maximum atomic E-state index is 14.1. The number of nitrogens with zero attached hydrogens (tertiary/aromatic N) is 2. The Morgan fingerprint density at radius 3 is 2.84 bits per heavy atom. The van der Waals surface area contributed by atoms with E-state index >= 15 is 0 Å². The molecule has 0 spiro atoms. The van der Waals surface area contributed by atoms with Crippen LogP contribution < -0.4 is 10.2 Å². The summed E-state index contributed by atoms with van der Waals surface area (Å²) in [6, 6.07) is 10.3. The molecule has 2 aromatic rings. The van der Waals surface area contributed by atoms with Crippen molar-refractivity contribution in [2.45, 2.75) is 26.8 Å². The Kier molecular flexibility index (Phi) is 4.79. The summed E-state index contributed by atoms with van der Waals surface area (Å²) >= 11 is 0. The van der Waals surface area contributed by atoms with Crippen molar-refractivity contribution < 1.29 is 14.0 Å². The van der Waals surface area contributed by atoms with E-state index in [0.717, 1.165) is 17.0 Å². The zero-order valence-electron chi connectivity index (χ0n) is 14.3. The molecular formula is C19H20FN3O2. The van der Waals surface area contributed by atoms with Gasteiger partial charge in [0.05, 0.1) is 23.8 Å². The van der Waals surface area contributed by atoms with Gasteiger partial charge in [0.15, 0.2) is 0 Å². The highest BCUT2D eigenvalue weighted by atomic mass is 19.1. The van der Waals surface area contributed by atoms with Crippen LogP contribution in [0.25, 0.3) is 0 Å². The van der Waals surface area contributed by atoms with Gasteiger partial charge in [-0.25, -0.2) is 4.39 Å². The van der Waals surface area contributed by atoms with Gasteiger partial charge in [-0.1, -0.05) is 12.1 Å². The summed E-state index contributed by atoms with van der Waals surface area (Å²) in [4.78, 5) is 30.2. The number of pyridine rings is 1. The van der Waals surface area contributed by atoms with E-state index in [4.69, 9.17) is 0 Å². The van der Waals surface area contributed by atoms with Gasteiger partial charge in [0.2, 0.25) is 11.8 Å². The molecule has 1 aromatic heterocycles. The highest BCUT2D eigenvalue weighted by Gasteiger charge is 2.36. The molecule has 0 bridgehead atoms. The third-order valence-electron chi connectivity index (χ3n) is 4.28. The fourth-order valence-corrected chi connectivity index (χ4v) is 2.97. The minimum Gasteiger partial charge on any atom is -0.350 e. The van der Waals surface area contributed by atoms with Crippen LogP contribution >= 0.6 is 0 Å². The number of aryl methyl sites for hydroxylation is 2. The van der Waals surface area contributed by atoms with E-state index < -0.39 is 11.7 Å². The normalized spacial score (nSPS) is 17.0. The van der Waals surface area contributed by atoms with Gasteiger partial charge in [-0.05, 0) is 43.7 Å². The number of amides is 2. The number of hydrogen-bond donors (Lipinski definition) is 1. The molecule has 1 aromatic carbocycles. The predicted octanol–water partition coefficient (Wildman–Crippen LogP) is 2.51. The Labute approximate surface area is 145 Å². The highest BCUT2D eigenvalue weighted by Crippen LogP contribution is 2.28. The number of halogens is 1. The van der Waals surface area contributed by atoms with Crippen LogP contribution in [0.1, 0.15) is 23.4 Å². The number of benzene rings is 1. The maximum absolute atomic E-state index is 14.1. The monoisotopic (exact) mass is 341 g/mol. The van der Waals surface area contributed by atoms with Gasteiger partial charge >= 0.3 is 0 Å². The molecule has 25 heavy (non-hydrogen) atoms. The van der Waals surface area contributed by atoms with E-state index in [1.165, 1.54) is 11.0 Å². The van der Waals surface area contributed by atoms with Crippen molar-refractivity contribution >= 4 is 17.5 Å². The van der Waals surface area contributed by atoms with E-state index in [-0.39, 0.29) is 30.5 Å². The minimum absolute atomic E-state index is 0.0837. The summed E-state index contributed by atoms with van der Waals surface area (Å²) in [5, 5.41) is 2.81. The Morgan fingerprint density at radius 2 is 2.12 bits per heavy atom. The number of anilines is 1. The molecule has 0 saturated carbocycles. The SMILES string of the molecule is Cc1ccc(N2CC(C(=O)NCc3cccc(C)n3)CC2=O)c(F)c1. The first kappa shape index (κ1) is 17.1. The van der Waals surface area contributed by atoms with Gasteiger partial charge in [0, 0.05) is 18.7 Å². The molecular weight excluding hydrogens is 321 g/mol. The molecule has 2 amide bonds. The third-order valence-corrected chi connectivity index (χ3v) is 4.28. The van der Waals surface area contributed by atoms with Gasteiger partial charge in [-0.2, -0.15) is 0 Å². The van der Waals surface area contributed by atoms with Crippen molar-refractivity contribution in [2.75, 3.05) is 11.4 Å². The Morgan fingerprint density at radius 1 is 1.32 bits per heavy atom. The minimum atomic E-state index is -0.488. The molecule has 3 rings (SSSR count). The standard InChI is InChI=1S/C19H20FN3O2/c1-12-6-7-17(16(20)8-12)23-11-14(9-18(23)24)19(25)21-10-15-5-3-4-13(2)22-15/h3-8,14H,9-11H2,1-2H3,(H,21,25). The lowest BCUT2D eigenvalue weighted by molar-refractivity contribution is -0.126. The van der Waals surface area contributed by atoms with Crippen molar-refractivity contribution in [1.82, 2.24) is 10.3 Å². The van der Waals surface area contributed by atoms with E-state index in [9.17, 15) is 14.0 Å². The molecule has 1 N–H and O–H groups in total. The molecule has 0 aliphatic carbocycles. The molecule has 1 saturated heterocycles. The van der Waals surface area contributed by atoms with E-state index in [1.54, 1.807) is 19.1 Å². The largest absolute Gasteiger partial charge is 0.350 e. The molecule has 1 aliphatic heterocycles. The molecule has 2 heterocycles. The summed E-state index contributed by atoms with van der Waals surface area (Å²) in [5.74, 6) is -1.39. The first-order valence-corrected chi connectivity index (χ1v) is 8.21. The van der Waals surface area contributed by atoms with Crippen LogP contribution in [0.3, 0.4) is 0 Å². The predicted molar refractivity (Wildman–Crippen MR) is 92.4 cm³/mol. The molecule has 1 aliphatic rings. The Hall–Kier alpha value is -2.76. The zero-order chi connectivity index (χ0) is 18.0. The molecule has 1 fully saturated rings. The first-order valence-electron chi connectivity index (χ1n) is 8.21. The quantitative estimate of drug-likeness (QED) is 0.929. The molecule has 6 heteroatoms. The number of carbonyl (C=O) groups excluding carboxylic acids is 2. The van der Waals surface area contributed by atoms with E-state index in [0.29, 0.717) is 6.54 Å². The molecule has 5 nitrogen and oxygen atoms in total. The van der Waals surface area contributed by atoms with Gasteiger partial charge in [-0.3, -0.25) is 14.6 Å².